The zero-order valence-electron chi connectivity index (χ0n) is 19.9. The number of amides is 2. The molecule has 9 nitrogen and oxygen atoms in total. The Kier molecular flexibility index (Phi) is 11.1. The smallest absolute Gasteiger partial charge is 0.311 e. The third-order valence-electron chi connectivity index (χ3n) is 5.28. The zero-order valence-corrected chi connectivity index (χ0v) is 21.4. The molecule has 0 fully saturated rings. The predicted molar refractivity (Wildman–Crippen MR) is 134 cm³/mol. The second-order valence-electron chi connectivity index (χ2n) is 7.71. The lowest BCUT2D eigenvalue weighted by molar-refractivity contribution is -0.385. The molecular weight excluding hydrogens is 497 g/mol. The van der Waals surface area contributed by atoms with Crippen molar-refractivity contribution in [3.8, 4) is 11.5 Å². The number of unbranched alkanes of at least 4 members (excludes halogenated alkanes) is 1. The van der Waals surface area contributed by atoms with Gasteiger partial charge in [-0.1, -0.05) is 49.5 Å². The number of nitro benzene ring substituents is 1. The lowest BCUT2D eigenvalue weighted by Crippen LogP contribution is -2.50. The van der Waals surface area contributed by atoms with Crippen LogP contribution in [-0.4, -0.2) is 47.9 Å². The number of hydrogen-bond donors (Lipinski definition) is 1. The fourth-order valence-corrected chi connectivity index (χ4v) is 3.85. The van der Waals surface area contributed by atoms with Crippen LogP contribution in [0, 0.1) is 10.1 Å². The van der Waals surface area contributed by atoms with E-state index in [0.717, 1.165) is 12.8 Å². The monoisotopic (exact) mass is 525 g/mol. The molecule has 0 heterocycles. The topological polar surface area (TPSA) is 111 Å². The van der Waals surface area contributed by atoms with Gasteiger partial charge in [0.1, 0.15) is 11.8 Å². The fraction of sp³-hybridized carbons (Fsp3) is 0.417. The van der Waals surface area contributed by atoms with E-state index in [0.29, 0.717) is 28.6 Å². The summed E-state index contributed by atoms with van der Waals surface area (Å²) in [6.07, 6.45) is 2.12. The van der Waals surface area contributed by atoms with Crippen molar-refractivity contribution in [2.45, 2.75) is 45.7 Å². The van der Waals surface area contributed by atoms with Crippen LogP contribution in [-0.2, 0) is 16.1 Å². The Bertz CT molecular complexity index is 1050. The van der Waals surface area contributed by atoms with Crippen molar-refractivity contribution in [3.05, 3.63) is 62.1 Å². The van der Waals surface area contributed by atoms with Crippen molar-refractivity contribution in [2.75, 3.05) is 20.3 Å². The molecule has 2 aromatic carbocycles. The number of carbonyl (C=O) groups is 2. The van der Waals surface area contributed by atoms with Gasteiger partial charge >= 0.3 is 5.69 Å². The van der Waals surface area contributed by atoms with Crippen LogP contribution in [0.5, 0.6) is 11.5 Å². The summed E-state index contributed by atoms with van der Waals surface area (Å²) in [5.41, 5.74) is 0.404. The van der Waals surface area contributed by atoms with Gasteiger partial charge in [-0.25, -0.2) is 0 Å². The number of hydrogen-bond acceptors (Lipinski definition) is 6. The number of carbonyl (C=O) groups excluding carboxylic acids is 2. The van der Waals surface area contributed by atoms with E-state index in [1.165, 1.54) is 30.2 Å². The van der Waals surface area contributed by atoms with Gasteiger partial charge in [0.2, 0.25) is 11.7 Å². The van der Waals surface area contributed by atoms with Crippen molar-refractivity contribution < 1.29 is 24.0 Å². The minimum Gasteiger partial charge on any atom is -0.490 e. The number of ether oxygens (including phenoxy) is 2. The van der Waals surface area contributed by atoms with Crippen LogP contribution in [0.1, 0.15) is 38.7 Å². The molecule has 0 aromatic heterocycles. The molecule has 0 aliphatic rings. The Labute approximate surface area is 214 Å². The summed E-state index contributed by atoms with van der Waals surface area (Å²) in [6, 6.07) is 8.13. The standard InChI is InChI=1S/C24H29Cl2N3O6/c1-4-6-11-27-24(31)20(5-2)28(14-16-7-8-17(25)12-19(16)26)23(30)15-35-18-9-10-21(29(32)33)22(13-18)34-3/h7-10,12-13,20H,4-6,11,14-15H2,1-3H3,(H,27,31). The molecule has 1 N–H and O–H groups in total. The van der Waals surface area contributed by atoms with E-state index in [1.807, 2.05) is 13.8 Å². The van der Waals surface area contributed by atoms with Crippen LogP contribution in [0.3, 0.4) is 0 Å². The molecule has 35 heavy (non-hydrogen) atoms. The van der Waals surface area contributed by atoms with Crippen molar-refractivity contribution >= 4 is 40.7 Å². The van der Waals surface area contributed by atoms with Gasteiger partial charge in [-0.15, -0.1) is 0 Å². The Balaban J connectivity index is 2.26. The van der Waals surface area contributed by atoms with E-state index < -0.39 is 23.5 Å². The SMILES string of the molecule is CCCCNC(=O)C(CC)N(Cc1ccc(Cl)cc1Cl)C(=O)COc1ccc([N+](=O)[O-])c(OC)c1. The van der Waals surface area contributed by atoms with Gasteiger partial charge in [-0.3, -0.25) is 19.7 Å². The number of methoxy groups -OCH3 is 1. The molecule has 0 saturated heterocycles. The van der Waals surface area contributed by atoms with Gasteiger partial charge in [0, 0.05) is 35.3 Å². The second kappa shape index (κ2) is 13.7. The number of benzene rings is 2. The van der Waals surface area contributed by atoms with E-state index >= 15 is 0 Å². The van der Waals surface area contributed by atoms with Gasteiger partial charge in [0.05, 0.1) is 12.0 Å². The average molecular weight is 526 g/mol. The van der Waals surface area contributed by atoms with Crippen molar-refractivity contribution in [2.24, 2.45) is 0 Å². The van der Waals surface area contributed by atoms with Crippen LogP contribution in [0.15, 0.2) is 36.4 Å². The summed E-state index contributed by atoms with van der Waals surface area (Å²) in [7, 11) is 1.30. The summed E-state index contributed by atoms with van der Waals surface area (Å²) >= 11 is 12.3. The van der Waals surface area contributed by atoms with Crippen LogP contribution in [0.2, 0.25) is 10.0 Å². The van der Waals surface area contributed by atoms with Gasteiger partial charge in [0.15, 0.2) is 6.61 Å². The van der Waals surface area contributed by atoms with E-state index in [2.05, 4.69) is 5.32 Å². The number of rotatable bonds is 13. The highest BCUT2D eigenvalue weighted by Crippen LogP contribution is 2.31. The maximum atomic E-state index is 13.3. The first-order chi connectivity index (χ1) is 16.7. The maximum absolute atomic E-state index is 13.3. The molecule has 0 saturated carbocycles. The number of nitrogens with zero attached hydrogens (tertiary/aromatic N) is 2. The van der Waals surface area contributed by atoms with Gasteiger partial charge in [0.25, 0.3) is 5.91 Å². The molecule has 2 amide bonds. The zero-order chi connectivity index (χ0) is 26.0. The molecule has 190 valence electrons. The Morgan fingerprint density at radius 3 is 2.51 bits per heavy atom. The van der Waals surface area contributed by atoms with E-state index in [9.17, 15) is 19.7 Å². The first kappa shape index (κ1) is 28.2. The molecule has 1 unspecified atom stereocenters. The van der Waals surface area contributed by atoms with Crippen LogP contribution >= 0.6 is 23.2 Å². The average Bonchev–Trinajstić information content (AvgIpc) is 2.83. The largest absolute Gasteiger partial charge is 0.490 e. The van der Waals surface area contributed by atoms with Crippen molar-refractivity contribution in [1.29, 1.82) is 0 Å². The lowest BCUT2D eigenvalue weighted by Gasteiger charge is -2.31. The summed E-state index contributed by atoms with van der Waals surface area (Å²) in [5.74, 6) is -0.501. The third kappa shape index (κ3) is 8.00. The highest BCUT2D eigenvalue weighted by atomic mass is 35.5. The van der Waals surface area contributed by atoms with Gasteiger partial charge < -0.3 is 19.7 Å². The highest BCUT2D eigenvalue weighted by molar-refractivity contribution is 6.35. The van der Waals surface area contributed by atoms with Crippen LogP contribution in [0.25, 0.3) is 0 Å². The summed E-state index contributed by atoms with van der Waals surface area (Å²) in [6.45, 7) is 4.02. The third-order valence-corrected chi connectivity index (χ3v) is 5.87. The van der Waals surface area contributed by atoms with E-state index in [-0.39, 0.29) is 29.6 Å². The number of nitrogens with one attached hydrogen (secondary N) is 1. The first-order valence-corrected chi connectivity index (χ1v) is 11.9. The summed E-state index contributed by atoms with van der Waals surface area (Å²) in [4.78, 5) is 38.1. The molecule has 0 aliphatic heterocycles. The second-order valence-corrected chi connectivity index (χ2v) is 8.55. The fourth-order valence-electron chi connectivity index (χ4n) is 3.39. The summed E-state index contributed by atoms with van der Waals surface area (Å²) in [5, 5.41) is 14.8. The van der Waals surface area contributed by atoms with Crippen molar-refractivity contribution in [3.63, 3.8) is 0 Å². The normalized spacial score (nSPS) is 11.5. The highest BCUT2D eigenvalue weighted by Gasteiger charge is 2.29. The molecule has 11 heteroatoms. The first-order valence-electron chi connectivity index (χ1n) is 11.2. The van der Waals surface area contributed by atoms with E-state index in [4.69, 9.17) is 32.7 Å². The Morgan fingerprint density at radius 1 is 1.17 bits per heavy atom. The van der Waals surface area contributed by atoms with Gasteiger partial charge in [-0.2, -0.15) is 0 Å². The minimum absolute atomic E-state index is 0.00601. The maximum Gasteiger partial charge on any atom is 0.311 e. The van der Waals surface area contributed by atoms with Crippen LogP contribution < -0.4 is 14.8 Å². The molecule has 0 aliphatic carbocycles. The molecule has 2 rings (SSSR count). The molecule has 1 atom stereocenters. The molecule has 0 radical (unpaired) electrons. The molecule has 0 bridgehead atoms. The van der Waals surface area contributed by atoms with Crippen molar-refractivity contribution in [1.82, 2.24) is 10.2 Å². The Hall–Kier alpha value is -3.04. The lowest BCUT2D eigenvalue weighted by atomic mass is 10.1. The Morgan fingerprint density at radius 2 is 1.91 bits per heavy atom. The van der Waals surface area contributed by atoms with Gasteiger partial charge in [-0.05, 0) is 36.6 Å². The number of halogens is 2. The predicted octanol–water partition coefficient (Wildman–Crippen LogP) is 5.01. The number of nitro groups is 1. The molecule has 0 spiro atoms. The van der Waals surface area contributed by atoms with E-state index in [1.54, 1.807) is 18.2 Å². The minimum atomic E-state index is -0.749. The quantitative estimate of drug-likeness (QED) is 0.223. The molecule has 2 aromatic rings. The summed E-state index contributed by atoms with van der Waals surface area (Å²) < 4.78 is 10.6. The molecular formula is C24H29Cl2N3O6. The van der Waals surface area contributed by atoms with Crippen LogP contribution in [0.4, 0.5) is 5.69 Å².